The molecule has 2 aromatic carbocycles. The Bertz CT molecular complexity index is 710. The molecule has 6 heteroatoms. The third kappa shape index (κ3) is 5.57. The molecule has 0 aliphatic carbocycles. The van der Waals surface area contributed by atoms with Gasteiger partial charge in [0.25, 0.3) is 0 Å². The molecule has 1 amide bonds. The second-order valence-corrected chi connectivity index (χ2v) is 4.97. The van der Waals surface area contributed by atoms with Gasteiger partial charge in [0.05, 0.1) is 5.56 Å². The summed E-state index contributed by atoms with van der Waals surface area (Å²) in [6.45, 7) is 1.21. The maximum Gasteiger partial charge on any atom is 0.343 e. The predicted octanol–water partition coefficient (Wildman–Crippen LogP) is 2.09. The maximum atomic E-state index is 12.0. The summed E-state index contributed by atoms with van der Waals surface area (Å²) in [5.41, 5.74) is 1.12. The summed E-state index contributed by atoms with van der Waals surface area (Å²) in [7, 11) is 0. The van der Waals surface area contributed by atoms with Crippen LogP contribution in [0.1, 0.15) is 22.8 Å². The van der Waals surface area contributed by atoms with Crippen LogP contribution in [0.15, 0.2) is 54.6 Å². The van der Waals surface area contributed by atoms with Crippen LogP contribution in [0.3, 0.4) is 0 Å². The van der Waals surface area contributed by atoms with Gasteiger partial charge >= 0.3 is 11.9 Å². The third-order valence-corrected chi connectivity index (χ3v) is 3.02. The van der Waals surface area contributed by atoms with E-state index in [1.165, 1.54) is 6.92 Å². The van der Waals surface area contributed by atoms with Crippen molar-refractivity contribution in [2.45, 2.75) is 13.5 Å². The van der Waals surface area contributed by atoms with Crippen LogP contribution in [-0.4, -0.2) is 24.4 Å². The number of carbonyl (C=O) groups is 3. The monoisotopic (exact) mass is 327 g/mol. The first kappa shape index (κ1) is 17.2. The quantitative estimate of drug-likeness (QED) is 0.649. The van der Waals surface area contributed by atoms with E-state index >= 15 is 0 Å². The number of para-hydroxylation sites is 1. The predicted molar refractivity (Wildman–Crippen MR) is 86.3 cm³/mol. The highest BCUT2D eigenvalue weighted by molar-refractivity contribution is 5.91. The minimum atomic E-state index is -0.530. The van der Waals surface area contributed by atoms with Gasteiger partial charge < -0.3 is 14.8 Å². The van der Waals surface area contributed by atoms with E-state index in [1.54, 1.807) is 48.5 Å². The van der Waals surface area contributed by atoms with E-state index in [0.29, 0.717) is 11.3 Å². The molecule has 0 unspecified atom stereocenters. The summed E-state index contributed by atoms with van der Waals surface area (Å²) >= 11 is 0. The largest absolute Gasteiger partial charge is 0.460 e. The summed E-state index contributed by atoms with van der Waals surface area (Å²) in [5.74, 6) is -0.820. The number of rotatable bonds is 6. The topological polar surface area (TPSA) is 81.7 Å². The van der Waals surface area contributed by atoms with Crippen molar-refractivity contribution >= 4 is 17.8 Å². The molecular weight excluding hydrogens is 310 g/mol. The van der Waals surface area contributed by atoms with E-state index < -0.39 is 11.9 Å². The van der Waals surface area contributed by atoms with Crippen molar-refractivity contribution in [2.75, 3.05) is 6.54 Å². The van der Waals surface area contributed by atoms with Gasteiger partial charge in [0.1, 0.15) is 18.9 Å². The van der Waals surface area contributed by atoms with Gasteiger partial charge in [0.15, 0.2) is 0 Å². The van der Waals surface area contributed by atoms with Crippen molar-refractivity contribution in [2.24, 2.45) is 0 Å². The van der Waals surface area contributed by atoms with Gasteiger partial charge in [-0.15, -0.1) is 0 Å². The highest BCUT2D eigenvalue weighted by Gasteiger charge is 2.09. The Morgan fingerprint density at radius 3 is 2.25 bits per heavy atom. The molecule has 0 bridgehead atoms. The lowest BCUT2D eigenvalue weighted by Gasteiger charge is -2.07. The third-order valence-electron chi connectivity index (χ3n) is 3.02. The molecule has 1 N–H and O–H groups in total. The van der Waals surface area contributed by atoms with Crippen molar-refractivity contribution < 1.29 is 23.9 Å². The molecule has 0 aliphatic heterocycles. The lowest BCUT2D eigenvalue weighted by molar-refractivity contribution is -0.145. The Kier molecular flexibility index (Phi) is 6.08. The van der Waals surface area contributed by atoms with Crippen LogP contribution >= 0.6 is 0 Å². The zero-order valence-electron chi connectivity index (χ0n) is 13.2. The van der Waals surface area contributed by atoms with Crippen LogP contribution in [0, 0.1) is 0 Å². The molecule has 24 heavy (non-hydrogen) atoms. The Labute approximate surface area is 139 Å². The van der Waals surface area contributed by atoms with Gasteiger partial charge in [-0.2, -0.15) is 0 Å². The normalized spacial score (nSPS) is 9.88. The lowest BCUT2D eigenvalue weighted by atomic mass is 10.1. The van der Waals surface area contributed by atoms with Gasteiger partial charge in [-0.05, 0) is 29.8 Å². The lowest BCUT2D eigenvalue weighted by Crippen LogP contribution is -2.28. The number of amides is 1. The molecule has 0 aromatic heterocycles. The number of esters is 2. The Morgan fingerprint density at radius 1 is 0.958 bits per heavy atom. The van der Waals surface area contributed by atoms with E-state index in [9.17, 15) is 14.4 Å². The van der Waals surface area contributed by atoms with Gasteiger partial charge in [-0.1, -0.05) is 30.3 Å². The molecule has 0 spiro atoms. The fourth-order valence-corrected chi connectivity index (χ4v) is 1.80. The van der Waals surface area contributed by atoms with E-state index in [2.05, 4.69) is 5.32 Å². The number of benzene rings is 2. The summed E-state index contributed by atoms with van der Waals surface area (Å²) in [4.78, 5) is 34.1. The number of hydrogen-bond acceptors (Lipinski definition) is 5. The Balaban J connectivity index is 1.85. The Morgan fingerprint density at radius 2 is 1.62 bits per heavy atom. The minimum Gasteiger partial charge on any atom is -0.460 e. The first-order valence-corrected chi connectivity index (χ1v) is 7.31. The van der Waals surface area contributed by atoms with Crippen molar-refractivity contribution in [1.82, 2.24) is 5.32 Å². The molecule has 2 aromatic rings. The summed E-state index contributed by atoms with van der Waals surface area (Å²) < 4.78 is 10.2. The Hall–Kier alpha value is -3.15. The molecule has 0 saturated carbocycles. The van der Waals surface area contributed by atoms with Crippen LogP contribution < -0.4 is 10.1 Å². The summed E-state index contributed by atoms with van der Waals surface area (Å²) in [6, 6.07) is 15.3. The number of nitrogens with one attached hydrogen (secondary N) is 1. The highest BCUT2D eigenvalue weighted by Crippen LogP contribution is 2.13. The zero-order valence-corrected chi connectivity index (χ0v) is 13.2. The van der Waals surface area contributed by atoms with Crippen LogP contribution in [-0.2, 0) is 20.9 Å². The molecule has 0 radical (unpaired) electrons. The van der Waals surface area contributed by atoms with Gasteiger partial charge in [-0.3, -0.25) is 9.59 Å². The van der Waals surface area contributed by atoms with E-state index in [1.807, 2.05) is 6.07 Å². The van der Waals surface area contributed by atoms with E-state index in [-0.39, 0.29) is 19.1 Å². The summed E-state index contributed by atoms with van der Waals surface area (Å²) in [6.07, 6.45) is 0. The average molecular weight is 327 g/mol. The number of hydrogen-bond donors (Lipinski definition) is 1. The SMILES string of the molecule is CC(=O)NCC(=O)OCc1ccc(C(=O)Oc2ccccc2)cc1. The van der Waals surface area contributed by atoms with E-state index in [4.69, 9.17) is 9.47 Å². The van der Waals surface area contributed by atoms with Crippen molar-refractivity contribution in [3.8, 4) is 5.75 Å². The molecule has 124 valence electrons. The standard InChI is InChI=1S/C18H17NO5/c1-13(20)19-11-17(21)23-12-14-7-9-15(10-8-14)18(22)24-16-5-3-2-4-6-16/h2-10H,11-12H2,1H3,(H,19,20). The molecule has 0 fully saturated rings. The molecule has 0 saturated heterocycles. The first-order chi connectivity index (χ1) is 11.5. The van der Waals surface area contributed by atoms with Gasteiger partial charge in [0, 0.05) is 6.92 Å². The van der Waals surface area contributed by atoms with Crippen LogP contribution in [0.25, 0.3) is 0 Å². The fraction of sp³-hybridized carbons (Fsp3) is 0.167. The second-order valence-electron chi connectivity index (χ2n) is 4.97. The average Bonchev–Trinajstić information content (AvgIpc) is 2.59. The molecule has 0 atom stereocenters. The fourth-order valence-electron chi connectivity index (χ4n) is 1.80. The molecular formula is C18H17NO5. The van der Waals surface area contributed by atoms with Crippen molar-refractivity contribution in [3.63, 3.8) is 0 Å². The molecule has 6 nitrogen and oxygen atoms in total. The smallest absolute Gasteiger partial charge is 0.343 e. The maximum absolute atomic E-state index is 12.0. The van der Waals surface area contributed by atoms with Crippen LogP contribution in [0.5, 0.6) is 5.75 Å². The van der Waals surface area contributed by atoms with Gasteiger partial charge in [0.2, 0.25) is 5.91 Å². The summed E-state index contributed by atoms with van der Waals surface area (Å²) in [5, 5.41) is 2.35. The van der Waals surface area contributed by atoms with Gasteiger partial charge in [-0.25, -0.2) is 4.79 Å². The molecule has 0 heterocycles. The number of carbonyl (C=O) groups excluding carboxylic acids is 3. The van der Waals surface area contributed by atoms with Crippen LogP contribution in [0.4, 0.5) is 0 Å². The minimum absolute atomic E-state index is 0.0619. The molecule has 2 rings (SSSR count). The molecule has 0 aliphatic rings. The zero-order chi connectivity index (χ0) is 17.4. The van der Waals surface area contributed by atoms with Crippen molar-refractivity contribution in [1.29, 1.82) is 0 Å². The highest BCUT2D eigenvalue weighted by atomic mass is 16.5. The van der Waals surface area contributed by atoms with Crippen molar-refractivity contribution in [3.05, 3.63) is 65.7 Å². The first-order valence-electron chi connectivity index (χ1n) is 7.31. The van der Waals surface area contributed by atoms with Crippen LogP contribution in [0.2, 0.25) is 0 Å². The van der Waals surface area contributed by atoms with E-state index in [0.717, 1.165) is 5.56 Å². The second kappa shape index (κ2) is 8.47. The number of ether oxygens (including phenoxy) is 2.